The van der Waals surface area contributed by atoms with Crippen LogP contribution >= 0.6 is 0 Å². The van der Waals surface area contributed by atoms with E-state index in [4.69, 9.17) is 5.73 Å². The lowest BCUT2D eigenvalue weighted by atomic mass is 9.98. The smallest absolute Gasteiger partial charge is 0.142 e. The van der Waals surface area contributed by atoms with Crippen LogP contribution in [0.15, 0.2) is 54.6 Å². The molecule has 112 valence electrons. The number of pyridine rings is 1. The van der Waals surface area contributed by atoms with E-state index in [2.05, 4.69) is 11.1 Å². The Labute approximate surface area is 133 Å². The Hall–Kier alpha value is -3.19. The Morgan fingerprint density at radius 2 is 1.61 bits per heavy atom. The molecular formula is C19H14FN3. The van der Waals surface area contributed by atoms with Crippen molar-refractivity contribution >= 4 is 5.82 Å². The van der Waals surface area contributed by atoms with E-state index in [0.717, 1.165) is 16.7 Å². The molecule has 23 heavy (non-hydrogen) atoms. The molecular weight excluding hydrogens is 289 g/mol. The van der Waals surface area contributed by atoms with Crippen LogP contribution in [0, 0.1) is 24.1 Å². The normalized spacial score (nSPS) is 10.3. The minimum absolute atomic E-state index is 0.171. The summed E-state index contributed by atoms with van der Waals surface area (Å²) < 4.78 is 13.1. The predicted octanol–water partition coefficient (Wildman–Crippen LogP) is 4.32. The molecule has 0 aliphatic rings. The van der Waals surface area contributed by atoms with Crippen LogP contribution in [0.4, 0.5) is 10.2 Å². The largest absolute Gasteiger partial charge is 0.383 e. The third-order valence-corrected chi connectivity index (χ3v) is 3.66. The van der Waals surface area contributed by atoms with Gasteiger partial charge in [0.05, 0.1) is 5.69 Å². The van der Waals surface area contributed by atoms with Crippen molar-refractivity contribution in [3.05, 3.63) is 71.5 Å². The summed E-state index contributed by atoms with van der Waals surface area (Å²) in [6.07, 6.45) is 0. The number of halogens is 1. The van der Waals surface area contributed by atoms with Gasteiger partial charge in [-0.3, -0.25) is 0 Å². The van der Waals surface area contributed by atoms with Gasteiger partial charge in [0, 0.05) is 11.1 Å². The van der Waals surface area contributed by atoms with Crippen molar-refractivity contribution < 1.29 is 4.39 Å². The fourth-order valence-corrected chi connectivity index (χ4v) is 2.41. The molecule has 0 amide bonds. The van der Waals surface area contributed by atoms with Crippen LogP contribution in [0.3, 0.4) is 0 Å². The van der Waals surface area contributed by atoms with Crippen molar-refractivity contribution in [3.63, 3.8) is 0 Å². The third kappa shape index (κ3) is 2.90. The van der Waals surface area contributed by atoms with E-state index >= 15 is 0 Å². The molecule has 1 heterocycles. The number of aryl methyl sites for hydroxylation is 1. The summed E-state index contributed by atoms with van der Waals surface area (Å²) >= 11 is 0. The number of nitriles is 1. The van der Waals surface area contributed by atoms with Gasteiger partial charge in [0.2, 0.25) is 0 Å². The van der Waals surface area contributed by atoms with E-state index in [9.17, 15) is 9.65 Å². The molecule has 0 fully saturated rings. The Balaban J connectivity index is 2.20. The first kappa shape index (κ1) is 14.7. The molecule has 0 atom stereocenters. The lowest BCUT2D eigenvalue weighted by Gasteiger charge is -2.10. The maximum Gasteiger partial charge on any atom is 0.142 e. The number of aromatic nitrogens is 1. The molecule has 0 saturated heterocycles. The van der Waals surface area contributed by atoms with E-state index in [1.807, 2.05) is 37.3 Å². The highest BCUT2D eigenvalue weighted by Gasteiger charge is 2.13. The van der Waals surface area contributed by atoms with E-state index in [1.165, 1.54) is 12.1 Å². The number of nitrogen functional groups attached to an aromatic ring is 1. The molecule has 0 saturated carbocycles. The van der Waals surface area contributed by atoms with Gasteiger partial charge >= 0.3 is 0 Å². The van der Waals surface area contributed by atoms with Crippen LogP contribution in [-0.4, -0.2) is 4.98 Å². The summed E-state index contributed by atoms with van der Waals surface area (Å²) in [5.41, 5.74) is 10.4. The molecule has 0 aliphatic carbocycles. The molecule has 4 heteroatoms. The fraction of sp³-hybridized carbons (Fsp3) is 0.0526. The molecule has 0 aliphatic heterocycles. The average molecular weight is 303 g/mol. The molecule has 2 N–H and O–H groups in total. The zero-order valence-corrected chi connectivity index (χ0v) is 12.5. The third-order valence-electron chi connectivity index (χ3n) is 3.66. The van der Waals surface area contributed by atoms with Gasteiger partial charge in [0.25, 0.3) is 0 Å². The maximum absolute atomic E-state index is 13.1. The number of hydrogen-bond acceptors (Lipinski definition) is 3. The molecule has 0 spiro atoms. The average Bonchev–Trinajstić information content (AvgIpc) is 2.55. The summed E-state index contributed by atoms with van der Waals surface area (Å²) in [6, 6.07) is 17.8. The van der Waals surface area contributed by atoms with Crippen molar-refractivity contribution in [1.82, 2.24) is 4.98 Å². The number of rotatable bonds is 2. The highest BCUT2D eigenvalue weighted by atomic mass is 19.1. The second kappa shape index (κ2) is 5.90. The SMILES string of the molecule is Cc1ccc(-c2cc(-c3ccc(F)cc3)c(C#N)c(N)n2)cc1. The zero-order valence-electron chi connectivity index (χ0n) is 12.5. The lowest BCUT2D eigenvalue weighted by Crippen LogP contribution is -1.99. The molecule has 2 aromatic carbocycles. The highest BCUT2D eigenvalue weighted by molar-refractivity contribution is 5.80. The number of anilines is 1. The fourth-order valence-electron chi connectivity index (χ4n) is 2.41. The Kier molecular flexibility index (Phi) is 3.78. The number of nitrogens with two attached hydrogens (primary N) is 1. The summed E-state index contributed by atoms with van der Waals surface area (Å²) in [6.45, 7) is 2.01. The summed E-state index contributed by atoms with van der Waals surface area (Å²) in [5.74, 6) is -0.155. The van der Waals surface area contributed by atoms with Gasteiger partial charge in [-0.15, -0.1) is 0 Å². The monoisotopic (exact) mass is 303 g/mol. The van der Waals surface area contributed by atoms with Crippen LogP contribution in [0.2, 0.25) is 0 Å². The number of hydrogen-bond donors (Lipinski definition) is 1. The standard InChI is InChI=1S/C19H14FN3/c1-12-2-4-14(5-3-12)18-10-16(17(11-21)19(22)23-18)13-6-8-15(20)9-7-13/h2-10H,1H3,(H2,22,23). The van der Waals surface area contributed by atoms with Crippen LogP contribution in [-0.2, 0) is 0 Å². The molecule has 0 radical (unpaired) electrons. The predicted molar refractivity (Wildman–Crippen MR) is 88.9 cm³/mol. The van der Waals surface area contributed by atoms with Crippen LogP contribution < -0.4 is 5.73 Å². The van der Waals surface area contributed by atoms with Crippen LogP contribution in [0.1, 0.15) is 11.1 Å². The van der Waals surface area contributed by atoms with Gasteiger partial charge in [0.1, 0.15) is 23.3 Å². The quantitative estimate of drug-likeness (QED) is 0.767. The van der Waals surface area contributed by atoms with Gasteiger partial charge in [-0.25, -0.2) is 9.37 Å². The van der Waals surface area contributed by atoms with Gasteiger partial charge in [-0.1, -0.05) is 42.0 Å². The van der Waals surface area contributed by atoms with Gasteiger partial charge in [0.15, 0.2) is 0 Å². The summed E-state index contributed by atoms with van der Waals surface area (Å²) in [7, 11) is 0. The maximum atomic E-state index is 13.1. The molecule has 3 rings (SSSR count). The second-order valence-electron chi connectivity index (χ2n) is 5.30. The van der Waals surface area contributed by atoms with E-state index < -0.39 is 0 Å². The van der Waals surface area contributed by atoms with Crippen molar-refractivity contribution in [2.24, 2.45) is 0 Å². The van der Waals surface area contributed by atoms with Crippen molar-refractivity contribution in [2.45, 2.75) is 6.92 Å². The minimum atomic E-state index is -0.326. The Morgan fingerprint density at radius 1 is 1.00 bits per heavy atom. The molecule has 1 aromatic heterocycles. The number of benzene rings is 2. The van der Waals surface area contributed by atoms with Gasteiger partial charge in [-0.2, -0.15) is 5.26 Å². The van der Waals surface area contributed by atoms with E-state index in [1.54, 1.807) is 12.1 Å². The van der Waals surface area contributed by atoms with Crippen LogP contribution in [0.5, 0.6) is 0 Å². The first-order valence-corrected chi connectivity index (χ1v) is 7.12. The van der Waals surface area contributed by atoms with E-state index in [-0.39, 0.29) is 11.6 Å². The van der Waals surface area contributed by atoms with Crippen LogP contribution in [0.25, 0.3) is 22.4 Å². The summed E-state index contributed by atoms with van der Waals surface area (Å²) in [4.78, 5) is 4.33. The topological polar surface area (TPSA) is 62.7 Å². The molecule has 3 nitrogen and oxygen atoms in total. The number of nitrogens with zero attached hydrogens (tertiary/aromatic N) is 2. The molecule has 3 aromatic rings. The molecule has 0 bridgehead atoms. The summed E-state index contributed by atoms with van der Waals surface area (Å²) in [5, 5.41) is 9.37. The Morgan fingerprint density at radius 3 is 2.22 bits per heavy atom. The first-order chi connectivity index (χ1) is 11.1. The van der Waals surface area contributed by atoms with Crippen molar-refractivity contribution in [3.8, 4) is 28.5 Å². The highest BCUT2D eigenvalue weighted by Crippen LogP contribution is 2.31. The Bertz CT molecular complexity index is 892. The van der Waals surface area contributed by atoms with Crippen molar-refractivity contribution in [2.75, 3.05) is 5.73 Å². The first-order valence-electron chi connectivity index (χ1n) is 7.12. The minimum Gasteiger partial charge on any atom is -0.383 e. The van der Waals surface area contributed by atoms with Gasteiger partial charge in [-0.05, 0) is 30.7 Å². The van der Waals surface area contributed by atoms with E-state index in [0.29, 0.717) is 16.8 Å². The molecule has 0 unspecified atom stereocenters. The van der Waals surface area contributed by atoms with Gasteiger partial charge < -0.3 is 5.73 Å². The lowest BCUT2D eigenvalue weighted by molar-refractivity contribution is 0.628. The zero-order chi connectivity index (χ0) is 16.4. The second-order valence-corrected chi connectivity index (χ2v) is 5.30. The van der Waals surface area contributed by atoms with Crippen molar-refractivity contribution in [1.29, 1.82) is 5.26 Å².